The van der Waals surface area contributed by atoms with E-state index in [0.29, 0.717) is 29.2 Å². The van der Waals surface area contributed by atoms with Crippen LogP contribution < -0.4 is 14.5 Å². The van der Waals surface area contributed by atoms with Crippen LogP contribution in [0.4, 0.5) is 16.3 Å². The Morgan fingerprint density at radius 3 is 2.45 bits per heavy atom. The summed E-state index contributed by atoms with van der Waals surface area (Å²) in [5.74, 6) is 0.955. The molecule has 1 aromatic heterocycles. The number of hydrogen-bond donors (Lipinski definition) is 0. The molecule has 6 heterocycles. The third-order valence-corrected chi connectivity index (χ3v) is 11.7. The van der Waals surface area contributed by atoms with Gasteiger partial charge in [0.15, 0.2) is 0 Å². The standard InChI is InChI=1S/C36H44Cl2N6O3/c1-35(2,3)47-34(45)44-24-10-11-25(44)20-42(19-24)32-26-13-18-41(29-8-4-7-23-9-12-27(37)31(38)30(23)29)21-28(26)39-33(40-32)46-22-36-14-5-16-43(36)17-6-15-36/h4,7-9,12,24-25H,5-6,10-11,13-22H2,1-3H3/t24-,25+. The summed E-state index contributed by atoms with van der Waals surface area (Å²) in [5, 5.41) is 3.16. The van der Waals surface area contributed by atoms with Gasteiger partial charge in [-0.2, -0.15) is 9.97 Å². The zero-order valence-electron chi connectivity index (χ0n) is 27.6. The minimum absolute atomic E-state index is 0.0886. The average molecular weight is 680 g/mol. The summed E-state index contributed by atoms with van der Waals surface area (Å²) in [6.07, 6.45) is 7.28. The predicted octanol–water partition coefficient (Wildman–Crippen LogP) is 7.09. The molecule has 4 saturated heterocycles. The summed E-state index contributed by atoms with van der Waals surface area (Å²) in [4.78, 5) is 32.8. The molecular weight excluding hydrogens is 635 g/mol. The average Bonchev–Trinajstić information content (AvgIpc) is 3.70. The maximum absolute atomic E-state index is 13.2. The van der Waals surface area contributed by atoms with Gasteiger partial charge in [-0.15, -0.1) is 0 Å². The second-order valence-electron chi connectivity index (χ2n) is 15.0. The summed E-state index contributed by atoms with van der Waals surface area (Å²) in [7, 11) is 0. The highest BCUT2D eigenvalue weighted by molar-refractivity contribution is 6.46. The van der Waals surface area contributed by atoms with Gasteiger partial charge in [-0.25, -0.2) is 4.79 Å². The number of rotatable bonds is 5. The van der Waals surface area contributed by atoms with E-state index in [1.807, 2.05) is 37.8 Å². The normalized spacial score (nSPS) is 23.7. The molecular formula is C36H44Cl2N6O3. The molecule has 0 aliphatic carbocycles. The molecule has 2 atom stereocenters. The van der Waals surface area contributed by atoms with Crippen molar-refractivity contribution in [1.82, 2.24) is 19.8 Å². The molecule has 0 radical (unpaired) electrons. The Kier molecular flexibility index (Phi) is 7.88. The number of ether oxygens (including phenoxy) is 2. The Labute approximate surface area is 287 Å². The molecule has 0 N–H and O–H groups in total. The second kappa shape index (κ2) is 11.8. The van der Waals surface area contributed by atoms with Gasteiger partial charge in [-0.1, -0.05) is 41.4 Å². The molecule has 0 unspecified atom stereocenters. The fourth-order valence-electron chi connectivity index (χ4n) is 8.82. The molecule has 0 saturated carbocycles. The van der Waals surface area contributed by atoms with Gasteiger partial charge in [0.2, 0.25) is 0 Å². The van der Waals surface area contributed by atoms with Crippen molar-refractivity contribution >= 4 is 51.6 Å². The number of benzene rings is 2. The number of hydrogen-bond acceptors (Lipinski definition) is 8. The Bertz CT molecular complexity index is 1690. The molecule has 5 aliphatic heterocycles. The summed E-state index contributed by atoms with van der Waals surface area (Å²) < 4.78 is 12.4. The van der Waals surface area contributed by atoms with Crippen LogP contribution >= 0.6 is 23.2 Å². The van der Waals surface area contributed by atoms with Crippen LogP contribution in [0.2, 0.25) is 10.0 Å². The van der Waals surface area contributed by atoms with Crippen LogP contribution in [0.3, 0.4) is 0 Å². The van der Waals surface area contributed by atoms with E-state index in [1.54, 1.807) is 0 Å². The number of nitrogens with zero attached hydrogens (tertiary/aromatic N) is 6. The number of halogens is 2. The van der Waals surface area contributed by atoms with Crippen LogP contribution in [0.25, 0.3) is 10.8 Å². The number of aromatic nitrogens is 2. The van der Waals surface area contributed by atoms with E-state index in [9.17, 15) is 4.79 Å². The smallest absolute Gasteiger partial charge is 0.410 e. The zero-order valence-corrected chi connectivity index (χ0v) is 29.1. The molecule has 5 aliphatic rings. The topological polar surface area (TPSA) is 74.3 Å². The lowest BCUT2D eigenvalue weighted by Crippen LogP contribution is -2.57. The lowest BCUT2D eigenvalue weighted by atomic mass is 9.95. The minimum atomic E-state index is -0.523. The van der Waals surface area contributed by atoms with E-state index >= 15 is 0 Å². The van der Waals surface area contributed by atoms with Crippen molar-refractivity contribution in [2.24, 2.45) is 0 Å². The number of piperazine rings is 1. The molecule has 11 heteroatoms. The molecule has 3 aromatic rings. The highest BCUT2D eigenvalue weighted by atomic mass is 35.5. The van der Waals surface area contributed by atoms with Crippen LogP contribution in [-0.2, 0) is 17.7 Å². The Balaban J connectivity index is 1.12. The molecule has 4 fully saturated rings. The van der Waals surface area contributed by atoms with Crippen molar-refractivity contribution in [1.29, 1.82) is 0 Å². The van der Waals surface area contributed by atoms with Gasteiger partial charge in [0.05, 0.1) is 39.9 Å². The fraction of sp³-hybridized carbons (Fsp3) is 0.583. The Morgan fingerprint density at radius 2 is 1.72 bits per heavy atom. The molecule has 0 spiro atoms. The van der Waals surface area contributed by atoms with Gasteiger partial charge in [-0.05, 0) is 96.3 Å². The zero-order chi connectivity index (χ0) is 32.5. The maximum Gasteiger partial charge on any atom is 0.410 e. The van der Waals surface area contributed by atoms with E-state index in [0.717, 1.165) is 80.0 Å². The Morgan fingerprint density at radius 1 is 0.979 bits per heavy atom. The van der Waals surface area contributed by atoms with E-state index in [-0.39, 0.29) is 23.7 Å². The molecule has 1 amide bonds. The highest BCUT2D eigenvalue weighted by Gasteiger charge is 2.47. The first kappa shape index (κ1) is 31.3. The van der Waals surface area contributed by atoms with Gasteiger partial charge in [-0.3, -0.25) is 9.80 Å². The number of amides is 1. The van der Waals surface area contributed by atoms with Crippen LogP contribution in [-0.4, -0.2) is 88.4 Å². The number of carbonyl (C=O) groups excluding carboxylic acids is 1. The number of anilines is 2. The van der Waals surface area contributed by atoms with Crippen molar-refractivity contribution in [3.63, 3.8) is 0 Å². The monoisotopic (exact) mass is 678 g/mol. The number of carbonyl (C=O) groups is 1. The lowest BCUT2D eigenvalue weighted by Gasteiger charge is -2.43. The van der Waals surface area contributed by atoms with Gasteiger partial charge >= 0.3 is 12.1 Å². The first-order chi connectivity index (χ1) is 22.6. The van der Waals surface area contributed by atoms with Crippen molar-refractivity contribution in [2.75, 3.05) is 49.1 Å². The van der Waals surface area contributed by atoms with E-state index < -0.39 is 5.60 Å². The molecule has 2 aromatic carbocycles. The van der Waals surface area contributed by atoms with Crippen LogP contribution in [0.15, 0.2) is 30.3 Å². The number of fused-ring (bicyclic) bond motifs is 5. The first-order valence-electron chi connectivity index (χ1n) is 17.2. The summed E-state index contributed by atoms with van der Waals surface area (Å²) in [6.45, 7) is 11.6. The van der Waals surface area contributed by atoms with Crippen molar-refractivity contribution in [3.8, 4) is 6.01 Å². The minimum Gasteiger partial charge on any atom is -0.461 e. The van der Waals surface area contributed by atoms with Crippen molar-refractivity contribution < 1.29 is 14.3 Å². The third kappa shape index (κ3) is 5.66. The largest absolute Gasteiger partial charge is 0.461 e. The molecule has 2 bridgehead atoms. The van der Waals surface area contributed by atoms with Gasteiger partial charge in [0.1, 0.15) is 18.0 Å². The Hall–Kier alpha value is -3.01. The van der Waals surface area contributed by atoms with Crippen molar-refractivity contribution in [3.05, 3.63) is 51.6 Å². The van der Waals surface area contributed by atoms with E-state index in [2.05, 4.69) is 32.9 Å². The fourth-order valence-corrected chi connectivity index (χ4v) is 9.25. The highest BCUT2D eigenvalue weighted by Crippen LogP contribution is 2.42. The molecule has 250 valence electrons. The first-order valence-corrected chi connectivity index (χ1v) is 18.0. The SMILES string of the molecule is CC(C)(C)OC(=O)N1[C@@H]2CC[C@H]1CN(c1nc(OCC34CCCN3CCC4)nc3c1CCN(c1cccc4ccc(Cl)c(Cl)c14)C3)C2. The van der Waals surface area contributed by atoms with Crippen molar-refractivity contribution in [2.45, 2.75) is 95.5 Å². The summed E-state index contributed by atoms with van der Waals surface area (Å²) >= 11 is 13.3. The lowest BCUT2D eigenvalue weighted by molar-refractivity contribution is 0.0122. The molecule has 9 nitrogen and oxygen atoms in total. The third-order valence-electron chi connectivity index (χ3n) is 10.9. The second-order valence-corrected chi connectivity index (χ2v) is 15.8. The maximum atomic E-state index is 13.2. The summed E-state index contributed by atoms with van der Waals surface area (Å²) in [5.41, 5.74) is 2.79. The van der Waals surface area contributed by atoms with Gasteiger partial charge in [0.25, 0.3) is 0 Å². The molecule has 8 rings (SSSR count). The van der Waals surface area contributed by atoms with Gasteiger partial charge < -0.3 is 19.3 Å². The van der Waals surface area contributed by atoms with E-state index in [1.165, 1.54) is 31.2 Å². The van der Waals surface area contributed by atoms with Crippen LogP contribution in [0.1, 0.15) is 70.6 Å². The predicted molar refractivity (Wildman–Crippen MR) is 186 cm³/mol. The summed E-state index contributed by atoms with van der Waals surface area (Å²) in [6, 6.07) is 10.8. The van der Waals surface area contributed by atoms with E-state index in [4.69, 9.17) is 42.6 Å². The van der Waals surface area contributed by atoms with Gasteiger partial charge in [0, 0.05) is 36.3 Å². The quantitative estimate of drug-likeness (QED) is 0.283. The molecule has 47 heavy (non-hydrogen) atoms. The van der Waals surface area contributed by atoms with Crippen LogP contribution in [0.5, 0.6) is 6.01 Å². The van der Waals surface area contributed by atoms with Crippen LogP contribution in [0, 0.1) is 0 Å².